The highest BCUT2D eigenvalue weighted by Crippen LogP contribution is 2.25. The highest BCUT2D eigenvalue weighted by Gasteiger charge is 2.29. The van der Waals surface area contributed by atoms with E-state index in [-0.39, 0.29) is 12.0 Å². The van der Waals surface area contributed by atoms with Crippen molar-refractivity contribution in [2.75, 3.05) is 0 Å². The van der Waals surface area contributed by atoms with Crippen molar-refractivity contribution in [2.45, 2.75) is 18.9 Å². The Balaban J connectivity index is 2.16. The van der Waals surface area contributed by atoms with Crippen LogP contribution in [-0.4, -0.2) is 17.2 Å². The van der Waals surface area contributed by atoms with Crippen LogP contribution in [-0.2, 0) is 0 Å². The van der Waals surface area contributed by atoms with Gasteiger partial charge < -0.3 is 10.4 Å². The third-order valence-electron chi connectivity index (χ3n) is 1.65. The molecule has 1 saturated carbocycles. The lowest BCUT2D eigenvalue weighted by molar-refractivity contribution is 0.175. The Morgan fingerprint density at radius 1 is 1.70 bits per heavy atom. The summed E-state index contributed by atoms with van der Waals surface area (Å²) in [6.07, 6.45) is 0.340. The van der Waals surface area contributed by atoms with E-state index in [2.05, 4.69) is 11.4 Å². The molecule has 1 fully saturated rings. The lowest BCUT2D eigenvalue weighted by Crippen LogP contribution is -2.43. The number of carbonyl (C=O) groups is 1. The van der Waals surface area contributed by atoms with Crippen molar-refractivity contribution >= 4 is 6.09 Å². The van der Waals surface area contributed by atoms with Gasteiger partial charge in [-0.25, -0.2) is 4.79 Å². The predicted molar refractivity (Wildman–Crippen MR) is 33.3 cm³/mol. The van der Waals surface area contributed by atoms with Crippen LogP contribution >= 0.6 is 0 Å². The molecule has 54 valence electrons. The lowest BCUT2D eigenvalue weighted by atomic mass is 9.81. The molecule has 0 unspecified atom stereocenters. The van der Waals surface area contributed by atoms with E-state index in [0.29, 0.717) is 12.8 Å². The van der Waals surface area contributed by atoms with Crippen LogP contribution in [0, 0.1) is 17.2 Å². The third-order valence-corrected chi connectivity index (χ3v) is 1.65. The minimum absolute atomic E-state index is 0.0159. The number of hydrogen-bond donors (Lipinski definition) is 2. The molecule has 1 aliphatic carbocycles. The van der Waals surface area contributed by atoms with E-state index >= 15 is 0 Å². The molecule has 4 heteroatoms. The summed E-state index contributed by atoms with van der Waals surface area (Å²) < 4.78 is 0. The van der Waals surface area contributed by atoms with Crippen LogP contribution in [0.4, 0.5) is 4.79 Å². The molecule has 0 aromatic heterocycles. The summed E-state index contributed by atoms with van der Waals surface area (Å²) in [5, 5.41) is 18.8. The second-order valence-electron chi connectivity index (χ2n) is 2.44. The fourth-order valence-corrected chi connectivity index (χ4v) is 1.02. The molecule has 1 aliphatic rings. The number of nitrogens with one attached hydrogen (secondary N) is 1. The van der Waals surface area contributed by atoms with Crippen molar-refractivity contribution in [3.05, 3.63) is 0 Å². The third kappa shape index (κ3) is 1.38. The second-order valence-corrected chi connectivity index (χ2v) is 2.44. The smallest absolute Gasteiger partial charge is 0.404 e. The van der Waals surface area contributed by atoms with E-state index in [1.54, 1.807) is 0 Å². The first kappa shape index (κ1) is 6.87. The second kappa shape index (κ2) is 2.56. The van der Waals surface area contributed by atoms with E-state index in [9.17, 15) is 4.79 Å². The average molecular weight is 140 g/mol. The van der Waals surface area contributed by atoms with Crippen molar-refractivity contribution in [1.82, 2.24) is 5.32 Å². The number of nitrogens with zero attached hydrogens (tertiary/aromatic N) is 1. The quantitative estimate of drug-likeness (QED) is 0.558. The van der Waals surface area contributed by atoms with E-state index in [1.807, 2.05) is 0 Å². The summed E-state index contributed by atoms with van der Waals surface area (Å²) in [5.74, 6) is 0.0665. The van der Waals surface area contributed by atoms with Crippen molar-refractivity contribution in [3.63, 3.8) is 0 Å². The molecule has 10 heavy (non-hydrogen) atoms. The molecule has 1 amide bonds. The Hall–Kier alpha value is -1.24. The maximum atomic E-state index is 10.0. The van der Waals surface area contributed by atoms with Gasteiger partial charge in [-0.2, -0.15) is 5.26 Å². The summed E-state index contributed by atoms with van der Waals surface area (Å²) in [5.41, 5.74) is 0. The average Bonchev–Trinajstić information content (AvgIpc) is 1.76. The van der Waals surface area contributed by atoms with Crippen LogP contribution < -0.4 is 5.32 Å². The first-order valence-corrected chi connectivity index (χ1v) is 3.11. The predicted octanol–water partition coefficient (Wildman–Crippen LogP) is 0.556. The van der Waals surface area contributed by atoms with Gasteiger partial charge in [-0.15, -0.1) is 0 Å². The molecule has 2 N–H and O–H groups in total. The van der Waals surface area contributed by atoms with Gasteiger partial charge in [-0.3, -0.25) is 0 Å². The van der Waals surface area contributed by atoms with Gasteiger partial charge in [0.25, 0.3) is 0 Å². The number of hydrogen-bond acceptors (Lipinski definition) is 2. The fraction of sp³-hybridized carbons (Fsp3) is 0.667. The van der Waals surface area contributed by atoms with Crippen LogP contribution in [0.3, 0.4) is 0 Å². The molecule has 0 atom stereocenters. The van der Waals surface area contributed by atoms with Gasteiger partial charge in [-0.05, 0) is 12.8 Å². The van der Waals surface area contributed by atoms with E-state index in [1.165, 1.54) is 0 Å². The summed E-state index contributed by atoms with van der Waals surface area (Å²) >= 11 is 0. The van der Waals surface area contributed by atoms with Crippen molar-refractivity contribution in [2.24, 2.45) is 5.92 Å². The van der Waals surface area contributed by atoms with Gasteiger partial charge in [0.1, 0.15) is 0 Å². The van der Waals surface area contributed by atoms with Crippen LogP contribution in [0.1, 0.15) is 12.8 Å². The van der Waals surface area contributed by atoms with Gasteiger partial charge in [0.2, 0.25) is 0 Å². The largest absolute Gasteiger partial charge is 0.465 e. The zero-order valence-corrected chi connectivity index (χ0v) is 5.37. The van der Waals surface area contributed by atoms with Crippen molar-refractivity contribution < 1.29 is 9.90 Å². The molecule has 0 bridgehead atoms. The number of rotatable bonds is 1. The summed E-state index contributed by atoms with van der Waals surface area (Å²) in [6, 6.07) is 2.09. The molecule has 1 rings (SSSR count). The highest BCUT2D eigenvalue weighted by atomic mass is 16.4. The van der Waals surface area contributed by atoms with Gasteiger partial charge in [0, 0.05) is 6.04 Å². The molecule has 4 nitrogen and oxygen atoms in total. The Morgan fingerprint density at radius 2 is 2.30 bits per heavy atom. The molecular formula is C6H8N2O2. The van der Waals surface area contributed by atoms with Crippen LogP contribution in [0.5, 0.6) is 0 Å². The van der Waals surface area contributed by atoms with Gasteiger partial charge in [0.05, 0.1) is 12.0 Å². The highest BCUT2D eigenvalue weighted by molar-refractivity contribution is 5.65. The molecular weight excluding hydrogens is 132 g/mol. The Morgan fingerprint density at radius 3 is 2.70 bits per heavy atom. The zero-order chi connectivity index (χ0) is 7.56. The first-order valence-electron chi connectivity index (χ1n) is 3.11. The molecule has 0 aliphatic heterocycles. The normalized spacial score (nSPS) is 29.9. The first-order chi connectivity index (χ1) is 4.72. The standard InChI is InChI=1S/C6H8N2O2/c7-3-4-1-5(2-4)8-6(9)10/h4-5,8H,1-2H2,(H,9,10). The number of nitriles is 1. The van der Waals surface area contributed by atoms with Gasteiger partial charge in [-0.1, -0.05) is 0 Å². The summed E-state index contributed by atoms with van der Waals surface area (Å²) in [7, 11) is 0. The SMILES string of the molecule is N#CC1CC(NC(=O)O)C1. The molecule has 0 heterocycles. The number of amides is 1. The topological polar surface area (TPSA) is 73.1 Å². The number of carboxylic acid groups (broad SMARTS) is 1. The Kier molecular flexibility index (Phi) is 1.76. The van der Waals surface area contributed by atoms with Crippen LogP contribution in [0.15, 0.2) is 0 Å². The van der Waals surface area contributed by atoms with Gasteiger partial charge in [0.15, 0.2) is 0 Å². The van der Waals surface area contributed by atoms with Crippen molar-refractivity contribution in [1.29, 1.82) is 5.26 Å². The maximum absolute atomic E-state index is 10.0. The Labute approximate surface area is 58.5 Å². The van der Waals surface area contributed by atoms with Crippen LogP contribution in [0.25, 0.3) is 0 Å². The molecule has 0 aromatic rings. The van der Waals surface area contributed by atoms with E-state index < -0.39 is 6.09 Å². The van der Waals surface area contributed by atoms with Crippen LogP contribution in [0.2, 0.25) is 0 Å². The van der Waals surface area contributed by atoms with Crippen molar-refractivity contribution in [3.8, 4) is 6.07 Å². The molecule has 0 spiro atoms. The summed E-state index contributed by atoms with van der Waals surface area (Å²) in [6.45, 7) is 0. The monoisotopic (exact) mass is 140 g/mol. The van der Waals surface area contributed by atoms with E-state index in [0.717, 1.165) is 0 Å². The maximum Gasteiger partial charge on any atom is 0.404 e. The fourth-order valence-electron chi connectivity index (χ4n) is 1.02. The zero-order valence-electron chi connectivity index (χ0n) is 5.37. The Bertz CT molecular complexity index is 179. The minimum Gasteiger partial charge on any atom is -0.465 e. The lowest BCUT2D eigenvalue weighted by Gasteiger charge is -2.29. The van der Waals surface area contributed by atoms with E-state index in [4.69, 9.17) is 10.4 Å². The molecule has 0 radical (unpaired) electrons. The molecule has 0 saturated heterocycles. The molecule has 0 aromatic carbocycles. The summed E-state index contributed by atoms with van der Waals surface area (Å²) in [4.78, 5) is 10.0. The minimum atomic E-state index is -0.999. The van der Waals surface area contributed by atoms with Gasteiger partial charge >= 0.3 is 6.09 Å².